The van der Waals surface area contributed by atoms with Crippen molar-refractivity contribution < 1.29 is 17.9 Å². The molecule has 0 heterocycles. The number of ether oxygens (including phenoxy) is 2. The second-order valence-corrected chi connectivity index (χ2v) is 6.59. The van der Waals surface area contributed by atoms with Crippen LogP contribution in [0.4, 0.5) is 0 Å². The summed E-state index contributed by atoms with van der Waals surface area (Å²) >= 11 is 0. The molecule has 0 aromatic heterocycles. The number of nitriles is 1. The van der Waals surface area contributed by atoms with Crippen molar-refractivity contribution in [3.05, 3.63) is 24.3 Å². The van der Waals surface area contributed by atoms with Crippen molar-refractivity contribution in [3.8, 4) is 17.6 Å². The first-order valence-electron chi connectivity index (χ1n) is 6.41. The Morgan fingerprint density at radius 2 is 1.70 bits per heavy atom. The highest BCUT2D eigenvalue weighted by molar-refractivity contribution is 7.91. The van der Waals surface area contributed by atoms with Gasteiger partial charge in [-0.25, -0.2) is 8.42 Å². The van der Waals surface area contributed by atoms with E-state index in [0.717, 1.165) is 5.75 Å². The number of nitrogens with zero attached hydrogens (tertiary/aromatic N) is 1. The van der Waals surface area contributed by atoms with E-state index < -0.39 is 9.84 Å². The maximum Gasteiger partial charge on any atom is 0.150 e. The lowest BCUT2D eigenvalue weighted by molar-refractivity contribution is 0.317. The number of benzene rings is 1. The highest BCUT2D eigenvalue weighted by atomic mass is 32.2. The van der Waals surface area contributed by atoms with Gasteiger partial charge in [-0.3, -0.25) is 0 Å². The zero-order chi connectivity index (χ0) is 14.8. The lowest BCUT2D eigenvalue weighted by atomic mass is 10.3. The van der Waals surface area contributed by atoms with Gasteiger partial charge in [-0.05, 0) is 37.1 Å². The molecular weight excluding hydrogens is 278 g/mol. The van der Waals surface area contributed by atoms with Gasteiger partial charge in [0.2, 0.25) is 0 Å². The van der Waals surface area contributed by atoms with Crippen molar-refractivity contribution in [1.82, 2.24) is 0 Å². The second-order valence-electron chi connectivity index (χ2n) is 4.29. The maximum absolute atomic E-state index is 11.6. The summed E-state index contributed by atoms with van der Waals surface area (Å²) in [6.45, 7) is 0.351. The highest BCUT2D eigenvalue weighted by Gasteiger charge is 2.10. The number of rotatable bonds is 9. The van der Waals surface area contributed by atoms with E-state index in [1.807, 2.05) is 6.07 Å². The molecule has 6 heteroatoms. The minimum atomic E-state index is -3.07. The molecule has 1 aromatic rings. The van der Waals surface area contributed by atoms with Crippen LogP contribution in [0.5, 0.6) is 11.5 Å². The summed E-state index contributed by atoms with van der Waals surface area (Å²) < 4.78 is 33.7. The van der Waals surface area contributed by atoms with E-state index in [1.54, 1.807) is 31.4 Å². The summed E-state index contributed by atoms with van der Waals surface area (Å²) in [5.41, 5.74) is 0. The van der Waals surface area contributed by atoms with E-state index in [0.29, 0.717) is 25.2 Å². The van der Waals surface area contributed by atoms with E-state index in [-0.39, 0.29) is 17.9 Å². The van der Waals surface area contributed by atoms with Crippen LogP contribution in [0.1, 0.15) is 19.3 Å². The lowest BCUT2D eigenvalue weighted by Crippen LogP contribution is -2.13. The lowest BCUT2D eigenvalue weighted by Gasteiger charge is -2.07. The molecule has 0 aliphatic carbocycles. The fourth-order valence-electron chi connectivity index (χ4n) is 1.61. The maximum atomic E-state index is 11.6. The molecule has 0 aliphatic rings. The Kier molecular flexibility index (Phi) is 6.88. The van der Waals surface area contributed by atoms with Crippen LogP contribution in [-0.2, 0) is 9.84 Å². The molecule has 0 N–H and O–H groups in total. The van der Waals surface area contributed by atoms with Crippen LogP contribution in [0, 0.1) is 11.3 Å². The van der Waals surface area contributed by atoms with Crippen LogP contribution in [0.15, 0.2) is 24.3 Å². The number of methoxy groups -OCH3 is 1. The summed E-state index contributed by atoms with van der Waals surface area (Å²) in [7, 11) is -1.48. The van der Waals surface area contributed by atoms with Crippen molar-refractivity contribution in [3.63, 3.8) is 0 Å². The molecule has 0 amide bonds. The summed E-state index contributed by atoms with van der Waals surface area (Å²) in [6, 6.07) is 9.07. The number of hydrogen-bond acceptors (Lipinski definition) is 5. The van der Waals surface area contributed by atoms with Gasteiger partial charge < -0.3 is 9.47 Å². The van der Waals surface area contributed by atoms with E-state index in [1.165, 1.54) is 0 Å². The third kappa shape index (κ3) is 6.43. The molecule has 0 unspecified atom stereocenters. The van der Waals surface area contributed by atoms with Gasteiger partial charge in [0.15, 0.2) is 0 Å². The fourth-order valence-corrected chi connectivity index (χ4v) is 2.96. The van der Waals surface area contributed by atoms with Gasteiger partial charge >= 0.3 is 0 Å². The fraction of sp³-hybridized carbons (Fsp3) is 0.500. The van der Waals surface area contributed by atoms with E-state index in [9.17, 15) is 8.42 Å². The Morgan fingerprint density at radius 3 is 2.30 bits per heavy atom. The summed E-state index contributed by atoms with van der Waals surface area (Å²) in [4.78, 5) is 0. The Morgan fingerprint density at radius 1 is 1.10 bits per heavy atom. The second kappa shape index (κ2) is 8.43. The molecule has 110 valence electrons. The van der Waals surface area contributed by atoms with Gasteiger partial charge in [0.25, 0.3) is 0 Å². The minimum Gasteiger partial charge on any atom is -0.497 e. The molecule has 0 bridgehead atoms. The highest BCUT2D eigenvalue weighted by Crippen LogP contribution is 2.17. The monoisotopic (exact) mass is 297 g/mol. The molecular formula is C14H19NO4S. The predicted molar refractivity (Wildman–Crippen MR) is 76.6 cm³/mol. The Balaban J connectivity index is 2.25. The van der Waals surface area contributed by atoms with Crippen LogP contribution in [0.3, 0.4) is 0 Å². The van der Waals surface area contributed by atoms with Gasteiger partial charge in [0.05, 0.1) is 31.3 Å². The first-order valence-corrected chi connectivity index (χ1v) is 8.24. The molecule has 1 aromatic carbocycles. The van der Waals surface area contributed by atoms with Crippen LogP contribution in [-0.4, -0.2) is 33.6 Å². The van der Waals surface area contributed by atoms with Crippen LogP contribution >= 0.6 is 0 Å². The molecule has 0 spiro atoms. The Labute approximate surface area is 120 Å². The Hall–Kier alpha value is -1.74. The molecule has 0 saturated carbocycles. The summed E-state index contributed by atoms with van der Waals surface area (Å²) in [5, 5.41) is 8.37. The smallest absolute Gasteiger partial charge is 0.150 e. The van der Waals surface area contributed by atoms with Crippen LogP contribution in [0.2, 0.25) is 0 Å². The predicted octanol–water partition coefficient (Wildman–Crippen LogP) is 2.18. The third-order valence-electron chi connectivity index (χ3n) is 2.67. The van der Waals surface area contributed by atoms with Crippen LogP contribution < -0.4 is 9.47 Å². The molecule has 5 nitrogen and oxygen atoms in total. The summed E-state index contributed by atoms with van der Waals surface area (Å²) in [6.07, 6.45) is 1.13. The zero-order valence-corrected chi connectivity index (χ0v) is 12.4. The largest absolute Gasteiger partial charge is 0.497 e. The molecule has 1 rings (SSSR count). The normalized spacial score (nSPS) is 10.8. The Bertz CT molecular complexity index is 531. The topological polar surface area (TPSA) is 76.4 Å². The van der Waals surface area contributed by atoms with Crippen molar-refractivity contribution in [2.45, 2.75) is 19.3 Å². The molecule has 0 fully saturated rings. The van der Waals surface area contributed by atoms with Crippen molar-refractivity contribution in [2.75, 3.05) is 25.2 Å². The average Bonchev–Trinajstić information content (AvgIpc) is 2.44. The molecule has 0 atom stereocenters. The number of unbranched alkanes of at least 4 members (excludes halogenated alkanes) is 1. The van der Waals surface area contributed by atoms with Gasteiger partial charge in [0, 0.05) is 6.42 Å². The van der Waals surface area contributed by atoms with Gasteiger partial charge in [-0.15, -0.1) is 0 Å². The van der Waals surface area contributed by atoms with Gasteiger partial charge in [-0.2, -0.15) is 5.26 Å². The average molecular weight is 297 g/mol. The quantitative estimate of drug-likeness (QED) is 0.653. The van der Waals surface area contributed by atoms with E-state index in [4.69, 9.17) is 14.7 Å². The zero-order valence-electron chi connectivity index (χ0n) is 11.5. The first kappa shape index (κ1) is 16.3. The number of sulfone groups is 1. The van der Waals surface area contributed by atoms with Crippen LogP contribution in [0.25, 0.3) is 0 Å². The van der Waals surface area contributed by atoms with Crippen molar-refractivity contribution >= 4 is 9.84 Å². The SMILES string of the molecule is COc1ccc(OCCCS(=O)(=O)CCCC#N)cc1. The number of hydrogen-bond donors (Lipinski definition) is 0. The van der Waals surface area contributed by atoms with Crippen molar-refractivity contribution in [2.24, 2.45) is 0 Å². The molecule has 0 aliphatic heterocycles. The standard InChI is InChI=1S/C14H19NO4S/c1-18-13-5-7-14(8-6-13)19-10-4-12-20(16,17)11-3-2-9-15/h5-8H,2-4,10-12H2,1H3. The van der Waals surface area contributed by atoms with E-state index >= 15 is 0 Å². The van der Waals surface area contributed by atoms with E-state index in [2.05, 4.69) is 0 Å². The minimum absolute atomic E-state index is 0.0725. The molecule has 0 saturated heterocycles. The first-order chi connectivity index (χ1) is 9.57. The molecule has 0 radical (unpaired) electrons. The summed E-state index contributed by atoms with van der Waals surface area (Å²) in [5.74, 6) is 1.60. The van der Waals surface area contributed by atoms with Gasteiger partial charge in [-0.1, -0.05) is 0 Å². The molecule has 20 heavy (non-hydrogen) atoms. The van der Waals surface area contributed by atoms with Crippen molar-refractivity contribution in [1.29, 1.82) is 5.26 Å². The third-order valence-corrected chi connectivity index (χ3v) is 4.49. The van der Waals surface area contributed by atoms with Gasteiger partial charge in [0.1, 0.15) is 21.3 Å².